The molecule has 0 unspecified atom stereocenters. The van der Waals surface area contributed by atoms with Crippen LogP contribution in [0.25, 0.3) is 0 Å². The fourth-order valence-corrected chi connectivity index (χ4v) is 2.43. The summed E-state index contributed by atoms with van der Waals surface area (Å²) in [5.74, 6) is 0. The second-order valence-electron chi connectivity index (χ2n) is 4.73. The lowest BCUT2D eigenvalue weighted by Crippen LogP contribution is -2.42. The van der Waals surface area contributed by atoms with E-state index < -0.39 is 0 Å². The summed E-state index contributed by atoms with van der Waals surface area (Å²) in [7, 11) is 0. The zero-order chi connectivity index (χ0) is 12.3. The molecule has 0 radical (unpaired) electrons. The number of imidazole rings is 1. The average Bonchev–Trinajstić information content (AvgIpc) is 2.70. The van der Waals surface area contributed by atoms with Crippen molar-refractivity contribution in [3.63, 3.8) is 0 Å². The minimum Gasteiger partial charge on any atom is -0.348 e. The Bertz CT molecular complexity index is 405. The number of aryl methyl sites for hydroxylation is 1. The molecule has 1 aromatic rings. The van der Waals surface area contributed by atoms with Gasteiger partial charge in [0.25, 0.3) is 0 Å². The number of rotatable bonds is 4. The molecule has 92 valence electrons. The molecule has 2 rings (SSSR count). The zero-order valence-corrected chi connectivity index (χ0v) is 10.7. The van der Waals surface area contributed by atoms with Gasteiger partial charge in [0, 0.05) is 24.3 Å². The van der Waals surface area contributed by atoms with Crippen LogP contribution in [-0.2, 0) is 6.54 Å². The molecule has 0 spiro atoms. The molecule has 0 aromatic carbocycles. The highest BCUT2D eigenvalue weighted by Gasteiger charge is 2.24. The standard InChI is InChI=1S/C14H21N3/c1-4-6-13-8-5-7-11(2)17(13)9-14-12(3)15-10-16-14/h4-5,7,10-11,13H,1,6,8-9H2,2-3H3,(H,15,16)/t11-,13-/m1/s1. The van der Waals surface area contributed by atoms with Crippen molar-refractivity contribution in [2.24, 2.45) is 0 Å². The van der Waals surface area contributed by atoms with Gasteiger partial charge in [0.15, 0.2) is 0 Å². The minimum absolute atomic E-state index is 0.477. The number of nitrogens with one attached hydrogen (secondary N) is 1. The van der Waals surface area contributed by atoms with E-state index in [1.54, 1.807) is 6.33 Å². The summed E-state index contributed by atoms with van der Waals surface area (Å²) in [4.78, 5) is 10.0. The normalized spacial score (nSPS) is 25.1. The first-order valence-electron chi connectivity index (χ1n) is 6.24. The van der Waals surface area contributed by atoms with Crippen LogP contribution < -0.4 is 0 Å². The van der Waals surface area contributed by atoms with Gasteiger partial charge in [-0.2, -0.15) is 0 Å². The second-order valence-corrected chi connectivity index (χ2v) is 4.73. The van der Waals surface area contributed by atoms with E-state index in [1.165, 1.54) is 5.69 Å². The van der Waals surface area contributed by atoms with Gasteiger partial charge in [0.1, 0.15) is 0 Å². The Morgan fingerprint density at radius 1 is 1.65 bits per heavy atom. The van der Waals surface area contributed by atoms with Crippen molar-refractivity contribution >= 4 is 0 Å². The first-order valence-corrected chi connectivity index (χ1v) is 6.24. The summed E-state index contributed by atoms with van der Waals surface area (Å²) in [5.41, 5.74) is 2.32. The highest BCUT2D eigenvalue weighted by Crippen LogP contribution is 2.22. The summed E-state index contributed by atoms with van der Waals surface area (Å²) < 4.78 is 0. The monoisotopic (exact) mass is 231 g/mol. The molecule has 17 heavy (non-hydrogen) atoms. The molecular formula is C14H21N3. The fraction of sp³-hybridized carbons (Fsp3) is 0.500. The molecule has 2 atom stereocenters. The lowest BCUT2D eigenvalue weighted by molar-refractivity contribution is 0.148. The smallest absolute Gasteiger partial charge is 0.0925 e. The number of H-pyrrole nitrogens is 1. The first kappa shape index (κ1) is 12.1. The van der Waals surface area contributed by atoms with Gasteiger partial charge in [-0.05, 0) is 26.7 Å². The SMILES string of the molecule is C=CC[C@@H]1CC=C[C@@H](C)N1Cc1nc[nH]c1C. The molecule has 1 N–H and O–H groups in total. The molecule has 1 aromatic heterocycles. The lowest BCUT2D eigenvalue weighted by atomic mass is 10.00. The van der Waals surface area contributed by atoms with E-state index >= 15 is 0 Å². The number of nitrogens with zero attached hydrogens (tertiary/aromatic N) is 2. The molecule has 0 aliphatic carbocycles. The summed E-state index contributed by atoms with van der Waals surface area (Å²) in [6, 6.07) is 1.04. The van der Waals surface area contributed by atoms with Crippen LogP contribution in [-0.4, -0.2) is 27.0 Å². The summed E-state index contributed by atoms with van der Waals surface area (Å²) in [6.45, 7) is 9.09. The summed E-state index contributed by atoms with van der Waals surface area (Å²) in [6.07, 6.45) is 10.5. The van der Waals surface area contributed by atoms with E-state index in [2.05, 4.69) is 47.4 Å². The van der Waals surface area contributed by atoms with Crippen LogP contribution in [0, 0.1) is 6.92 Å². The Labute approximate surface area is 103 Å². The van der Waals surface area contributed by atoms with Gasteiger partial charge in [-0.3, -0.25) is 4.90 Å². The molecule has 0 saturated heterocycles. The molecule has 1 aliphatic heterocycles. The topological polar surface area (TPSA) is 31.9 Å². The van der Waals surface area contributed by atoms with Crippen LogP contribution in [0.4, 0.5) is 0 Å². The molecule has 0 amide bonds. The molecule has 0 fully saturated rings. The van der Waals surface area contributed by atoms with Gasteiger partial charge < -0.3 is 4.98 Å². The third-order valence-electron chi connectivity index (χ3n) is 3.52. The second kappa shape index (κ2) is 5.32. The molecule has 3 heteroatoms. The lowest BCUT2D eigenvalue weighted by Gasteiger charge is -2.37. The average molecular weight is 231 g/mol. The van der Waals surface area contributed by atoms with Crippen LogP contribution in [0.1, 0.15) is 31.2 Å². The number of aromatic nitrogens is 2. The maximum atomic E-state index is 4.39. The van der Waals surface area contributed by atoms with Gasteiger partial charge in [-0.1, -0.05) is 18.2 Å². The van der Waals surface area contributed by atoms with Crippen molar-refractivity contribution in [3.8, 4) is 0 Å². The molecule has 0 saturated carbocycles. The largest absolute Gasteiger partial charge is 0.348 e. The highest BCUT2D eigenvalue weighted by atomic mass is 15.2. The van der Waals surface area contributed by atoms with Crippen molar-refractivity contribution in [3.05, 3.63) is 42.5 Å². The molecule has 3 nitrogen and oxygen atoms in total. The third-order valence-corrected chi connectivity index (χ3v) is 3.52. The fourth-order valence-electron chi connectivity index (χ4n) is 2.43. The maximum absolute atomic E-state index is 4.39. The Morgan fingerprint density at radius 3 is 3.12 bits per heavy atom. The Hall–Kier alpha value is -1.35. The zero-order valence-electron chi connectivity index (χ0n) is 10.7. The predicted octanol–water partition coefficient (Wildman–Crippen LogP) is 2.81. The van der Waals surface area contributed by atoms with Crippen LogP contribution >= 0.6 is 0 Å². The van der Waals surface area contributed by atoms with Crippen molar-refractivity contribution < 1.29 is 0 Å². The van der Waals surface area contributed by atoms with E-state index in [1.807, 2.05) is 6.08 Å². The number of hydrogen-bond donors (Lipinski definition) is 1. The van der Waals surface area contributed by atoms with Crippen molar-refractivity contribution in [2.45, 2.75) is 45.3 Å². The van der Waals surface area contributed by atoms with Gasteiger partial charge in [0.2, 0.25) is 0 Å². The molecular weight excluding hydrogens is 210 g/mol. The predicted molar refractivity (Wildman–Crippen MR) is 70.7 cm³/mol. The van der Waals surface area contributed by atoms with Crippen LogP contribution in [0.15, 0.2) is 31.1 Å². The maximum Gasteiger partial charge on any atom is 0.0925 e. The highest BCUT2D eigenvalue weighted by molar-refractivity contribution is 5.11. The van der Waals surface area contributed by atoms with Crippen LogP contribution in [0.2, 0.25) is 0 Å². The van der Waals surface area contributed by atoms with Crippen molar-refractivity contribution in [2.75, 3.05) is 0 Å². The molecule has 2 heterocycles. The molecule has 1 aliphatic rings. The van der Waals surface area contributed by atoms with Gasteiger partial charge in [0.05, 0.1) is 12.0 Å². The van der Waals surface area contributed by atoms with Gasteiger partial charge >= 0.3 is 0 Å². The van der Waals surface area contributed by atoms with Crippen molar-refractivity contribution in [1.82, 2.24) is 14.9 Å². The number of aromatic amines is 1. The van der Waals surface area contributed by atoms with E-state index in [0.717, 1.165) is 25.1 Å². The van der Waals surface area contributed by atoms with Gasteiger partial charge in [-0.15, -0.1) is 6.58 Å². The van der Waals surface area contributed by atoms with E-state index in [-0.39, 0.29) is 0 Å². The Balaban J connectivity index is 2.13. The molecule has 0 bridgehead atoms. The third kappa shape index (κ3) is 2.67. The van der Waals surface area contributed by atoms with Crippen LogP contribution in [0.5, 0.6) is 0 Å². The number of hydrogen-bond acceptors (Lipinski definition) is 2. The Kier molecular flexibility index (Phi) is 3.79. The van der Waals surface area contributed by atoms with Crippen molar-refractivity contribution in [1.29, 1.82) is 0 Å². The summed E-state index contributed by atoms with van der Waals surface area (Å²) >= 11 is 0. The van der Waals surface area contributed by atoms with Crippen LogP contribution in [0.3, 0.4) is 0 Å². The first-order chi connectivity index (χ1) is 8.22. The van der Waals surface area contributed by atoms with E-state index in [4.69, 9.17) is 0 Å². The van der Waals surface area contributed by atoms with Gasteiger partial charge in [-0.25, -0.2) is 4.98 Å². The summed E-state index contributed by atoms with van der Waals surface area (Å²) in [5, 5.41) is 0. The minimum atomic E-state index is 0.477. The van der Waals surface area contributed by atoms with E-state index in [0.29, 0.717) is 12.1 Å². The van der Waals surface area contributed by atoms with E-state index in [9.17, 15) is 0 Å². The quantitative estimate of drug-likeness (QED) is 0.808. The Morgan fingerprint density at radius 2 is 2.47 bits per heavy atom.